The van der Waals surface area contributed by atoms with Crippen molar-refractivity contribution in [3.8, 4) is 0 Å². The van der Waals surface area contributed by atoms with E-state index in [4.69, 9.17) is 4.42 Å². The number of piperidine rings is 1. The maximum atomic E-state index is 5.39. The zero-order valence-corrected chi connectivity index (χ0v) is 10.4. The molecule has 0 atom stereocenters. The summed E-state index contributed by atoms with van der Waals surface area (Å²) < 4.78 is 5.39. The van der Waals surface area contributed by atoms with Gasteiger partial charge in [-0.3, -0.25) is 4.90 Å². The van der Waals surface area contributed by atoms with Gasteiger partial charge in [0.1, 0.15) is 5.76 Å². The largest absolute Gasteiger partial charge is 0.468 e. The molecular formula is C14H22N2O. The summed E-state index contributed by atoms with van der Waals surface area (Å²) in [5.41, 5.74) is 0. The summed E-state index contributed by atoms with van der Waals surface area (Å²) >= 11 is 0. The fourth-order valence-corrected chi connectivity index (χ4v) is 2.57. The van der Waals surface area contributed by atoms with Gasteiger partial charge in [-0.1, -0.05) is 0 Å². The van der Waals surface area contributed by atoms with Crippen LogP contribution in [0.15, 0.2) is 22.8 Å². The predicted molar refractivity (Wildman–Crippen MR) is 67.7 cm³/mol. The highest BCUT2D eigenvalue weighted by Gasteiger charge is 2.24. The van der Waals surface area contributed by atoms with Crippen molar-refractivity contribution in [2.24, 2.45) is 5.92 Å². The summed E-state index contributed by atoms with van der Waals surface area (Å²) in [6, 6.07) is 4.79. The number of furan rings is 1. The normalized spacial score (nSPS) is 23.1. The maximum absolute atomic E-state index is 5.39. The monoisotopic (exact) mass is 234 g/mol. The summed E-state index contributed by atoms with van der Waals surface area (Å²) in [5, 5.41) is 3.71. The molecule has 3 rings (SSSR count). The second-order valence-electron chi connectivity index (χ2n) is 5.48. The van der Waals surface area contributed by atoms with Crippen LogP contribution in [0.3, 0.4) is 0 Å². The van der Waals surface area contributed by atoms with Gasteiger partial charge in [0.15, 0.2) is 0 Å². The molecule has 1 saturated carbocycles. The fraction of sp³-hybridized carbons (Fsp3) is 0.714. The summed E-state index contributed by atoms with van der Waals surface area (Å²) in [7, 11) is 0. The zero-order valence-electron chi connectivity index (χ0n) is 10.4. The minimum absolute atomic E-state index is 0.753. The molecule has 1 aliphatic heterocycles. The first-order valence-corrected chi connectivity index (χ1v) is 6.88. The number of rotatable bonds is 5. The van der Waals surface area contributed by atoms with Crippen LogP contribution in [0.25, 0.3) is 0 Å². The minimum atomic E-state index is 0.753. The Morgan fingerprint density at radius 2 is 2.06 bits per heavy atom. The van der Waals surface area contributed by atoms with Crippen LogP contribution in [0.2, 0.25) is 0 Å². The molecule has 2 aliphatic rings. The van der Waals surface area contributed by atoms with E-state index >= 15 is 0 Å². The predicted octanol–water partition coefficient (Wildman–Crippen LogP) is 2.24. The second kappa shape index (κ2) is 5.23. The molecular weight excluding hydrogens is 212 g/mol. The van der Waals surface area contributed by atoms with Gasteiger partial charge in [-0.15, -0.1) is 0 Å². The molecule has 3 heteroatoms. The van der Waals surface area contributed by atoms with Crippen molar-refractivity contribution in [2.75, 3.05) is 19.6 Å². The molecule has 1 aromatic heterocycles. The number of nitrogens with one attached hydrogen (secondary N) is 1. The average molecular weight is 234 g/mol. The van der Waals surface area contributed by atoms with E-state index in [2.05, 4.69) is 16.3 Å². The van der Waals surface area contributed by atoms with Crippen molar-refractivity contribution in [1.29, 1.82) is 0 Å². The lowest BCUT2D eigenvalue weighted by Gasteiger charge is -2.31. The fourth-order valence-electron chi connectivity index (χ4n) is 2.57. The van der Waals surface area contributed by atoms with Crippen LogP contribution in [-0.4, -0.2) is 30.6 Å². The first-order valence-electron chi connectivity index (χ1n) is 6.88. The molecule has 0 spiro atoms. The molecule has 2 fully saturated rings. The lowest BCUT2D eigenvalue weighted by Crippen LogP contribution is -2.42. The molecule has 0 aromatic carbocycles. The lowest BCUT2D eigenvalue weighted by atomic mass is 10.0. The number of nitrogens with zero attached hydrogens (tertiary/aromatic N) is 1. The Hall–Kier alpha value is -0.800. The first kappa shape index (κ1) is 11.3. The van der Waals surface area contributed by atoms with Crippen molar-refractivity contribution in [1.82, 2.24) is 10.2 Å². The van der Waals surface area contributed by atoms with E-state index in [0.29, 0.717) is 0 Å². The van der Waals surface area contributed by atoms with E-state index in [-0.39, 0.29) is 0 Å². The van der Waals surface area contributed by atoms with Crippen LogP contribution >= 0.6 is 0 Å². The molecule has 1 N–H and O–H groups in total. The first-order chi connectivity index (χ1) is 8.40. The van der Waals surface area contributed by atoms with Gasteiger partial charge in [0.2, 0.25) is 0 Å². The van der Waals surface area contributed by atoms with Gasteiger partial charge in [0.25, 0.3) is 0 Å². The molecule has 3 nitrogen and oxygen atoms in total. The summed E-state index contributed by atoms with van der Waals surface area (Å²) in [6.07, 6.45) is 7.23. The lowest BCUT2D eigenvalue weighted by molar-refractivity contribution is 0.178. The quantitative estimate of drug-likeness (QED) is 0.847. The van der Waals surface area contributed by atoms with E-state index in [1.165, 1.54) is 45.3 Å². The molecule has 1 aliphatic carbocycles. The third-order valence-corrected chi connectivity index (χ3v) is 3.94. The standard InChI is InChI=1S/C14H22N2O/c1-2-14(17-9-1)11-16-7-5-13(6-8-16)15-10-12-3-4-12/h1-2,9,12-13,15H,3-8,10-11H2. The molecule has 0 bridgehead atoms. The van der Waals surface area contributed by atoms with Gasteiger partial charge in [-0.05, 0) is 50.3 Å². The van der Waals surface area contributed by atoms with Crippen LogP contribution in [0.1, 0.15) is 31.4 Å². The molecule has 0 amide bonds. The molecule has 1 saturated heterocycles. The summed E-state index contributed by atoms with van der Waals surface area (Å²) in [4.78, 5) is 2.49. The van der Waals surface area contributed by atoms with Crippen LogP contribution in [0.5, 0.6) is 0 Å². The Morgan fingerprint density at radius 3 is 2.71 bits per heavy atom. The third kappa shape index (κ3) is 3.33. The Balaban J connectivity index is 1.37. The highest BCUT2D eigenvalue weighted by Crippen LogP contribution is 2.28. The second-order valence-corrected chi connectivity index (χ2v) is 5.48. The Bertz CT molecular complexity index is 324. The van der Waals surface area contributed by atoms with Gasteiger partial charge < -0.3 is 9.73 Å². The van der Waals surface area contributed by atoms with E-state index in [1.54, 1.807) is 6.26 Å². The van der Waals surface area contributed by atoms with Crippen LogP contribution in [-0.2, 0) is 6.54 Å². The number of hydrogen-bond donors (Lipinski definition) is 1. The van der Waals surface area contributed by atoms with Crippen molar-refractivity contribution < 1.29 is 4.42 Å². The molecule has 17 heavy (non-hydrogen) atoms. The van der Waals surface area contributed by atoms with Crippen molar-refractivity contribution in [3.63, 3.8) is 0 Å². The summed E-state index contributed by atoms with van der Waals surface area (Å²) in [6.45, 7) is 4.62. The topological polar surface area (TPSA) is 28.4 Å². The minimum Gasteiger partial charge on any atom is -0.468 e. The van der Waals surface area contributed by atoms with Gasteiger partial charge in [0, 0.05) is 19.1 Å². The van der Waals surface area contributed by atoms with Crippen LogP contribution in [0, 0.1) is 5.92 Å². The van der Waals surface area contributed by atoms with Gasteiger partial charge in [-0.25, -0.2) is 0 Å². The van der Waals surface area contributed by atoms with Crippen LogP contribution in [0.4, 0.5) is 0 Å². The molecule has 1 aromatic rings. The van der Waals surface area contributed by atoms with Crippen molar-refractivity contribution in [3.05, 3.63) is 24.2 Å². The van der Waals surface area contributed by atoms with Gasteiger partial charge in [-0.2, -0.15) is 0 Å². The number of hydrogen-bond acceptors (Lipinski definition) is 3. The molecule has 0 radical (unpaired) electrons. The van der Waals surface area contributed by atoms with E-state index in [1.807, 2.05) is 6.07 Å². The Kier molecular flexibility index (Phi) is 3.48. The highest BCUT2D eigenvalue weighted by molar-refractivity contribution is 4.98. The van der Waals surface area contributed by atoms with E-state index in [0.717, 1.165) is 24.3 Å². The molecule has 94 valence electrons. The Labute approximate surface area is 103 Å². The zero-order chi connectivity index (χ0) is 11.5. The van der Waals surface area contributed by atoms with E-state index in [9.17, 15) is 0 Å². The maximum Gasteiger partial charge on any atom is 0.117 e. The SMILES string of the molecule is c1coc(CN2CCC(NCC3CC3)CC2)c1. The van der Waals surface area contributed by atoms with Gasteiger partial charge in [0.05, 0.1) is 12.8 Å². The average Bonchev–Trinajstić information content (AvgIpc) is 3.05. The van der Waals surface area contributed by atoms with Crippen LogP contribution < -0.4 is 5.32 Å². The van der Waals surface area contributed by atoms with Crippen molar-refractivity contribution >= 4 is 0 Å². The molecule has 2 heterocycles. The van der Waals surface area contributed by atoms with Gasteiger partial charge >= 0.3 is 0 Å². The van der Waals surface area contributed by atoms with Crippen molar-refractivity contribution in [2.45, 2.75) is 38.3 Å². The van der Waals surface area contributed by atoms with E-state index < -0.39 is 0 Å². The smallest absolute Gasteiger partial charge is 0.117 e. The third-order valence-electron chi connectivity index (χ3n) is 3.94. The molecule has 0 unspecified atom stereocenters. The Morgan fingerprint density at radius 1 is 1.24 bits per heavy atom. The highest BCUT2D eigenvalue weighted by atomic mass is 16.3. The number of likely N-dealkylation sites (tertiary alicyclic amines) is 1. The summed E-state index contributed by atoms with van der Waals surface area (Å²) in [5.74, 6) is 2.09.